The van der Waals surface area contributed by atoms with Crippen molar-refractivity contribution in [1.82, 2.24) is 5.32 Å². The Balaban J connectivity index is 0.00000300. The van der Waals surface area contributed by atoms with Crippen molar-refractivity contribution in [3.05, 3.63) is 107 Å². The predicted molar refractivity (Wildman–Crippen MR) is 122 cm³/mol. The minimum atomic E-state index is -0.614. The Hall–Kier alpha value is -1.88. The van der Waals surface area contributed by atoms with E-state index < -0.39 is 6.10 Å². The van der Waals surface area contributed by atoms with Gasteiger partial charge in [0, 0.05) is 17.6 Å². The Morgan fingerprint density at radius 3 is 1.97 bits per heavy atom. The average Bonchev–Trinajstić information content (AvgIpc) is 2.73. The monoisotopic (exact) mass is 431 g/mol. The van der Waals surface area contributed by atoms with Crippen LogP contribution in [0.5, 0.6) is 0 Å². The van der Waals surface area contributed by atoms with Crippen LogP contribution < -0.4 is 5.32 Å². The average molecular weight is 432 g/mol. The summed E-state index contributed by atoms with van der Waals surface area (Å²) in [5.41, 5.74) is 3.23. The Morgan fingerprint density at radius 1 is 0.862 bits per heavy atom. The minimum absolute atomic E-state index is 0. The van der Waals surface area contributed by atoms with Gasteiger partial charge in [0.05, 0.1) is 12.7 Å². The number of rotatable bonds is 9. The summed E-state index contributed by atoms with van der Waals surface area (Å²) in [5, 5.41) is 14.5. The van der Waals surface area contributed by atoms with E-state index in [0.717, 1.165) is 16.7 Å². The first-order valence-corrected chi connectivity index (χ1v) is 9.89. The van der Waals surface area contributed by atoms with Crippen LogP contribution in [0.15, 0.2) is 84.9 Å². The Morgan fingerprint density at radius 2 is 1.41 bits per heavy atom. The number of benzene rings is 3. The highest BCUT2D eigenvalue weighted by Gasteiger charge is 2.17. The molecule has 0 bridgehead atoms. The molecule has 3 aromatic carbocycles. The molecule has 0 fully saturated rings. The second-order valence-electron chi connectivity index (χ2n) is 6.87. The highest BCUT2D eigenvalue weighted by atomic mass is 35.5. The molecule has 0 saturated carbocycles. The van der Waals surface area contributed by atoms with Gasteiger partial charge in [0.15, 0.2) is 0 Å². The van der Waals surface area contributed by atoms with Crippen LogP contribution >= 0.6 is 24.0 Å². The summed E-state index contributed by atoms with van der Waals surface area (Å²) < 4.78 is 6.12. The zero-order valence-corrected chi connectivity index (χ0v) is 17.9. The molecule has 3 nitrogen and oxygen atoms in total. The van der Waals surface area contributed by atoms with Crippen molar-refractivity contribution < 1.29 is 9.84 Å². The normalized spacial score (nSPS) is 13.0. The molecule has 0 aromatic heterocycles. The highest BCUT2D eigenvalue weighted by Crippen LogP contribution is 2.26. The minimum Gasteiger partial charge on any atom is -0.389 e. The van der Waals surface area contributed by atoms with Crippen molar-refractivity contribution in [3.63, 3.8) is 0 Å². The molecule has 0 amide bonds. The molecule has 0 saturated heterocycles. The lowest BCUT2D eigenvalue weighted by atomic mass is 10.0. The van der Waals surface area contributed by atoms with Gasteiger partial charge >= 0.3 is 0 Å². The lowest BCUT2D eigenvalue weighted by Crippen LogP contribution is -2.32. The van der Waals surface area contributed by atoms with E-state index in [-0.39, 0.29) is 31.2 Å². The van der Waals surface area contributed by atoms with E-state index in [0.29, 0.717) is 11.6 Å². The first-order chi connectivity index (χ1) is 13.6. The molecular weight excluding hydrogens is 405 g/mol. The van der Waals surface area contributed by atoms with Crippen LogP contribution in [0.25, 0.3) is 0 Å². The standard InChI is InChI=1S/C24H26ClNO2.ClH/c1-18(21-13-8-14-22(25)15-21)26-16-23(27)17-28-24(19-9-4-2-5-10-19)20-11-6-3-7-12-20;/h2-15,18,23-24,26-27H,16-17H2,1H3;1H. The van der Waals surface area contributed by atoms with Crippen LogP contribution in [0.4, 0.5) is 0 Å². The third-order valence-corrected chi connectivity index (χ3v) is 4.90. The maximum Gasteiger partial charge on any atom is 0.108 e. The molecule has 2 atom stereocenters. The van der Waals surface area contributed by atoms with E-state index in [1.54, 1.807) is 0 Å². The molecule has 3 aromatic rings. The molecule has 0 heterocycles. The molecule has 0 spiro atoms. The summed E-state index contributed by atoms with van der Waals surface area (Å²) in [6.45, 7) is 2.73. The summed E-state index contributed by atoms with van der Waals surface area (Å²) in [6.07, 6.45) is -0.820. The van der Waals surface area contributed by atoms with E-state index >= 15 is 0 Å². The largest absolute Gasteiger partial charge is 0.389 e. The maximum atomic E-state index is 10.4. The van der Waals surface area contributed by atoms with Crippen LogP contribution in [-0.2, 0) is 4.74 Å². The zero-order valence-electron chi connectivity index (χ0n) is 16.4. The van der Waals surface area contributed by atoms with Gasteiger partial charge in [0.25, 0.3) is 0 Å². The second kappa shape index (κ2) is 12.0. The smallest absolute Gasteiger partial charge is 0.108 e. The van der Waals surface area contributed by atoms with Gasteiger partial charge in [-0.3, -0.25) is 0 Å². The highest BCUT2D eigenvalue weighted by molar-refractivity contribution is 6.30. The predicted octanol–water partition coefficient (Wildman–Crippen LogP) is 5.58. The molecule has 0 aliphatic carbocycles. The van der Waals surface area contributed by atoms with Gasteiger partial charge < -0.3 is 15.2 Å². The number of hydrogen-bond acceptors (Lipinski definition) is 3. The maximum absolute atomic E-state index is 10.4. The summed E-state index contributed by atoms with van der Waals surface area (Å²) >= 11 is 6.06. The Kier molecular flexibility index (Phi) is 9.65. The molecule has 0 aliphatic rings. The number of aliphatic hydroxyl groups excluding tert-OH is 1. The molecule has 0 aliphatic heterocycles. The van der Waals surface area contributed by atoms with Gasteiger partial charge in [0.1, 0.15) is 6.10 Å². The third kappa shape index (κ3) is 7.14. The third-order valence-electron chi connectivity index (χ3n) is 4.67. The SMILES string of the molecule is CC(NCC(O)COC(c1ccccc1)c1ccccc1)c1cccc(Cl)c1.Cl. The fraction of sp³-hybridized carbons (Fsp3) is 0.250. The van der Waals surface area contributed by atoms with Crippen molar-refractivity contribution in [2.45, 2.75) is 25.2 Å². The van der Waals surface area contributed by atoms with Crippen LogP contribution in [0.2, 0.25) is 5.02 Å². The number of aliphatic hydroxyl groups is 1. The first kappa shape index (κ1) is 23.4. The lowest BCUT2D eigenvalue weighted by Gasteiger charge is -2.22. The molecule has 154 valence electrons. The van der Waals surface area contributed by atoms with E-state index in [9.17, 15) is 5.11 Å². The van der Waals surface area contributed by atoms with Gasteiger partial charge in [-0.05, 0) is 35.7 Å². The van der Waals surface area contributed by atoms with Gasteiger partial charge in [0.2, 0.25) is 0 Å². The van der Waals surface area contributed by atoms with E-state index in [4.69, 9.17) is 16.3 Å². The van der Waals surface area contributed by atoms with Crippen LogP contribution in [0.3, 0.4) is 0 Å². The first-order valence-electron chi connectivity index (χ1n) is 9.52. The van der Waals surface area contributed by atoms with Crippen LogP contribution in [0.1, 0.15) is 35.8 Å². The molecule has 3 rings (SSSR count). The van der Waals surface area contributed by atoms with Crippen molar-refractivity contribution in [2.75, 3.05) is 13.2 Å². The van der Waals surface area contributed by atoms with Crippen molar-refractivity contribution in [2.24, 2.45) is 0 Å². The molecular formula is C24H27Cl2NO2. The molecule has 29 heavy (non-hydrogen) atoms. The number of halogens is 2. The lowest BCUT2D eigenvalue weighted by molar-refractivity contribution is 0.00578. The second-order valence-corrected chi connectivity index (χ2v) is 7.31. The van der Waals surface area contributed by atoms with Gasteiger partial charge in [-0.1, -0.05) is 84.4 Å². The van der Waals surface area contributed by atoms with Crippen LogP contribution in [0, 0.1) is 0 Å². The number of hydrogen-bond donors (Lipinski definition) is 2. The van der Waals surface area contributed by atoms with Crippen molar-refractivity contribution in [3.8, 4) is 0 Å². The number of nitrogens with one attached hydrogen (secondary N) is 1. The van der Waals surface area contributed by atoms with Gasteiger partial charge in [-0.25, -0.2) is 0 Å². The molecule has 5 heteroatoms. The number of ether oxygens (including phenoxy) is 1. The van der Waals surface area contributed by atoms with Crippen molar-refractivity contribution >= 4 is 24.0 Å². The quantitative estimate of drug-likeness (QED) is 0.464. The molecule has 2 N–H and O–H groups in total. The molecule has 0 radical (unpaired) electrons. The molecule has 2 unspecified atom stereocenters. The topological polar surface area (TPSA) is 41.5 Å². The van der Waals surface area contributed by atoms with E-state index in [1.165, 1.54) is 0 Å². The summed E-state index contributed by atoms with van der Waals surface area (Å²) in [7, 11) is 0. The van der Waals surface area contributed by atoms with Gasteiger partial charge in [-0.2, -0.15) is 0 Å². The van der Waals surface area contributed by atoms with Crippen LogP contribution in [-0.4, -0.2) is 24.4 Å². The van der Waals surface area contributed by atoms with Gasteiger partial charge in [-0.15, -0.1) is 12.4 Å². The fourth-order valence-electron chi connectivity index (χ4n) is 3.11. The zero-order chi connectivity index (χ0) is 19.8. The van der Waals surface area contributed by atoms with Crippen molar-refractivity contribution in [1.29, 1.82) is 0 Å². The Bertz CT molecular complexity index is 806. The summed E-state index contributed by atoms with van der Waals surface area (Å²) in [5.74, 6) is 0. The fourth-order valence-corrected chi connectivity index (χ4v) is 3.31. The summed E-state index contributed by atoms with van der Waals surface area (Å²) in [4.78, 5) is 0. The van der Waals surface area contributed by atoms with E-state index in [1.807, 2.05) is 84.9 Å². The Labute approximate surface area is 184 Å². The van der Waals surface area contributed by atoms with E-state index in [2.05, 4.69) is 12.2 Å². The summed E-state index contributed by atoms with van der Waals surface area (Å²) in [6, 6.07) is 28.0.